The quantitative estimate of drug-likeness (QED) is 0.897. The molecule has 102 valence electrons. The molecule has 1 amide bonds. The number of carbonyl (C=O) groups excluding carboxylic acids is 1. The van der Waals surface area contributed by atoms with E-state index in [0.29, 0.717) is 18.2 Å². The van der Waals surface area contributed by atoms with Crippen molar-refractivity contribution in [1.82, 2.24) is 15.1 Å². The monoisotopic (exact) mass is 261 g/mol. The standard InChI is InChI=1S/C14H19N3O2/c1-10(9-17-12(3)7-11(2)16-17)8-15-14(18)13-5-4-6-19-13/h4-7,10H,8-9H2,1-3H3,(H,15,18)/t10-/m1/s1. The van der Waals surface area contributed by atoms with Crippen LogP contribution in [0.4, 0.5) is 0 Å². The van der Waals surface area contributed by atoms with Crippen LogP contribution in [0.2, 0.25) is 0 Å². The number of carbonyl (C=O) groups is 1. The molecule has 0 fully saturated rings. The summed E-state index contributed by atoms with van der Waals surface area (Å²) in [6, 6.07) is 5.41. The van der Waals surface area contributed by atoms with Crippen molar-refractivity contribution in [3.05, 3.63) is 41.6 Å². The molecule has 0 unspecified atom stereocenters. The summed E-state index contributed by atoms with van der Waals surface area (Å²) in [6.45, 7) is 7.48. The maximum Gasteiger partial charge on any atom is 0.286 e. The van der Waals surface area contributed by atoms with Crippen LogP contribution < -0.4 is 5.32 Å². The lowest BCUT2D eigenvalue weighted by molar-refractivity contribution is 0.0918. The number of furan rings is 1. The summed E-state index contributed by atoms with van der Waals surface area (Å²) in [4.78, 5) is 11.7. The zero-order valence-corrected chi connectivity index (χ0v) is 11.5. The number of nitrogens with zero attached hydrogens (tertiary/aromatic N) is 2. The van der Waals surface area contributed by atoms with E-state index in [1.165, 1.54) is 6.26 Å². The maximum atomic E-state index is 11.7. The summed E-state index contributed by atoms with van der Waals surface area (Å²) >= 11 is 0. The first-order valence-corrected chi connectivity index (χ1v) is 6.39. The first kappa shape index (κ1) is 13.4. The Morgan fingerprint density at radius 3 is 2.89 bits per heavy atom. The lowest BCUT2D eigenvalue weighted by Crippen LogP contribution is -2.30. The summed E-state index contributed by atoms with van der Waals surface area (Å²) in [5.41, 5.74) is 2.16. The van der Waals surface area contributed by atoms with Crippen molar-refractivity contribution in [2.24, 2.45) is 5.92 Å². The van der Waals surface area contributed by atoms with Crippen LogP contribution in [0.25, 0.3) is 0 Å². The zero-order chi connectivity index (χ0) is 13.8. The van der Waals surface area contributed by atoms with Crippen LogP contribution in [0, 0.1) is 19.8 Å². The number of aryl methyl sites for hydroxylation is 2. The Balaban J connectivity index is 1.83. The van der Waals surface area contributed by atoms with E-state index in [9.17, 15) is 4.79 Å². The molecule has 19 heavy (non-hydrogen) atoms. The highest BCUT2D eigenvalue weighted by atomic mass is 16.3. The molecular weight excluding hydrogens is 242 g/mol. The molecule has 5 nitrogen and oxygen atoms in total. The fraction of sp³-hybridized carbons (Fsp3) is 0.429. The van der Waals surface area contributed by atoms with Crippen LogP contribution in [-0.4, -0.2) is 22.2 Å². The van der Waals surface area contributed by atoms with Gasteiger partial charge in [-0.1, -0.05) is 6.92 Å². The first-order chi connectivity index (χ1) is 9.06. The number of hydrogen-bond donors (Lipinski definition) is 1. The third kappa shape index (κ3) is 3.47. The van der Waals surface area contributed by atoms with Gasteiger partial charge in [0.15, 0.2) is 5.76 Å². The molecule has 2 aromatic heterocycles. The van der Waals surface area contributed by atoms with Gasteiger partial charge in [-0.05, 0) is 38.0 Å². The molecule has 0 aliphatic rings. The fourth-order valence-corrected chi connectivity index (χ4v) is 1.98. The molecule has 0 saturated carbocycles. The summed E-state index contributed by atoms with van der Waals surface area (Å²) in [5.74, 6) is 0.473. The van der Waals surface area contributed by atoms with Gasteiger partial charge >= 0.3 is 0 Å². The van der Waals surface area contributed by atoms with E-state index in [-0.39, 0.29) is 5.91 Å². The molecule has 0 saturated heterocycles. The van der Waals surface area contributed by atoms with E-state index in [4.69, 9.17) is 4.42 Å². The van der Waals surface area contributed by atoms with E-state index in [0.717, 1.165) is 17.9 Å². The highest BCUT2D eigenvalue weighted by Gasteiger charge is 2.11. The van der Waals surface area contributed by atoms with Crippen molar-refractivity contribution >= 4 is 5.91 Å². The summed E-state index contributed by atoms with van der Waals surface area (Å²) in [7, 11) is 0. The fourth-order valence-electron chi connectivity index (χ4n) is 1.98. The van der Waals surface area contributed by atoms with Crippen molar-refractivity contribution in [1.29, 1.82) is 0 Å². The molecule has 0 radical (unpaired) electrons. The van der Waals surface area contributed by atoms with E-state index in [1.807, 2.05) is 24.6 Å². The number of rotatable bonds is 5. The van der Waals surface area contributed by atoms with Gasteiger partial charge in [-0.15, -0.1) is 0 Å². The average Bonchev–Trinajstić information content (AvgIpc) is 2.97. The van der Waals surface area contributed by atoms with Gasteiger partial charge in [-0.3, -0.25) is 9.48 Å². The largest absolute Gasteiger partial charge is 0.459 e. The zero-order valence-electron chi connectivity index (χ0n) is 11.5. The molecule has 2 heterocycles. The number of hydrogen-bond acceptors (Lipinski definition) is 3. The lowest BCUT2D eigenvalue weighted by atomic mass is 10.2. The Kier molecular flexibility index (Phi) is 4.04. The Bertz CT molecular complexity index is 543. The average molecular weight is 261 g/mol. The molecular formula is C14H19N3O2. The molecule has 0 bridgehead atoms. The van der Waals surface area contributed by atoms with Crippen molar-refractivity contribution in [2.45, 2.75) is 27.3 Å². The van der Waals surface area contributed by atoms with Gasteiger partial charge in [0.2, 0.25) is 0 Å². The normalized spacial score (nSPS) is 12.4. The third-order valence-corrected chi connectivity index (χ3v) is 2.94. The van der Waals surface area contributed by atoms with Crippen LogP contribution >= 0.6 is 0 Å². The second-order valence-electron chi connectivity index (χ2n) is 4.90. The van der Waals surface area contributed by atoms with Gasteiger partial charge in [-0.25, -0.2) is 0 Å². The van der Waals surface area contributed by atoms with Crippen LogP contribution in [0.1, 0.15) is 28.9 Å². The minimum absolute atomic E-state index is 0.176. The molecule has 1 atom stereocenters. The van der Waals surface area contributed by atoms with Crippen molar-refractivity contribution in [3.8, 4) is 0 Å². The SMILES string of the molecule is Cc1cc(C)n(C[C@H](C)CNC(=O)c2ccco2)n1. The van der Waals surface area contributed by atoms with E-state index in [2.05, 4.69) is 17.3 Å². The highest BCUT2D eigenvalue weighted by Crippen LogP contribution is 2.06. The van der Waals surface area contributed by atoms with Crippen molar-refractivity contribution in [3.63, 3.8) is 0 Å². The summed E-state index contributed by atoms with van der Waals surface area (Å²) in [6.07, 6.45) is 1.49. The Morgan fingerprint density at radius 1 is 1.53 bits per heavy atom. The van der Waals surface area contributed by atoms with Gasteiger partial charge in [0, 0.05) is 18.8 Å². The van der Waals surface area contributed by atoms with Gasteiger partial charge in [0.1, 0.15) is 0 Å². The number of amides is 1. The van der Waals surface area contributed by atoms with Crippen LogP contribution in [0.3, 0.4) is 0 Å². The van der Waals surface area contributed by atoms with Crippen LogP contribution in [0.5, 0.6) is 0 Å². The van der Waals surface area contributed by atoms with Gasteiger partial charge in [0.05, 0.1) is 12.0 Å². The van der Waals surface area contributed by atoms with E-state index >= 15 is 0 Å². The third-order valence-electron chi connectivity index (χ3n) is 2.94. The maximum absolute atomic E-state index is 11.7. The second-order valence-corrected chi connectivity index (χ2v) is 4.90. The van der Waals surface area contributed by atoms with Gasteiger partial charge in [0.25, 0.3) is 5.91 Å². The first-order valence-electron chi connectivity index (χ1n) is 6.39. The molecule has 0 aliphatic carbocycles. The lowest BCUT2D eigenvalue weighted by Gasteiger charge is -2.13. The van der Waals surface area contributed by atoms with Crippen LogP contribution in [0.15, 0.2) is 28.9 Å². The smallest absolute Gasteiger partial charge is 0.286 e. The molecule has 2 rings (SSSR count). The predicted molar refractivity (Wildman–Crippen MR) is 71.9 cm³/mol. The van der Waals surface area contributed by atoms with Gasteiger partial charge < -0.3 is 9.73 Å². The molecule has 1 N–H and O–H groups in total. The predicted octanol–water partition coefficient (Wildman–Crippen LogP) is 2.16. The summed E-state index contributed by atoms with van der Waals surface area (Å²) in [5, 5.41) is 7.27. The second kappa shape index (κ2) is 5.73. The molecule has 0 aromatic carbocycles. The molecule has 5 heteroatoms. The Labute approximate surface area is 112 Å². The Hall–Kier alpha value is -2.04. The minimum atomic E-state index is -0.176. The van der Waals surface area contributed by atoms with Crippen LogP contribution in [-0.2, 0) is 6.54 Å². The van der Waals surface area contributed by atoms with Gasteiger partial charge in [-0.2, -0.15) is 5.10 Å². The highest BCUT2D eigenvalue weighted by molar-refractivity contribution is 5.91. The minimum Gasteiger partial charge on any atom is -0.459 e. The summed E-state index contributed by atoms with van der Waals surface area (Å²) < 4.78 is 7.01. The molecule has 0 spiro atoms. The molecule has 2 aromatic rings. The number of aromatic nitrogens is 2. The van der Waals surface area contributed by atoms with E-state index in [1.54, 1.807) is 12.1 Å². The molecule has 0 aliphatic heterocycles. The van der Waals surface area contributed by atoms with E-state index < -0.39 is 0 Å². The van der Waals surface area contributed by atoms with Crippen molar-refractivity contribution < 1.29 is 9.21 Å². The topological polar surface area (TPSA) is 60.1 Å². The Morgan fingerprint density at radius 2 is 2.32 bits per heavy atom. The van der Waals surface area contributed by atoms with Crippen molar-refractivity contribution in [2.75, 3.05) is 6.54 Å². The number of nitrogens with one attached hydrogen (secondary N) is 1.